The maximum atomic E-state index is 11.7. The number of hydrogen-bond donors (Lipinski definition) is 0. The number of hydrogen-bond acceptors (Lipinski definition) is 5. The molecule has 0 N–H and O–H groups in total. The van der Waals surface area contributed by atoms with E-state index in [4.69, 9.17) is 32.5 Å². The Bertz CT molecular complexity index is 894. The Hall–Kier alpha value is -1.40. The number of halogens is 2. The predicted octanol–water partition coefficient (Wildman–Crippen LogP) is 4.85. The summed E-state index contributed by atoms with van der Waals surface area (Å²) < 4.78 is 11.6. The van der Waals surface area contributed by atoms with Crippen molar-refractivity contribution in [3.8, 4) is 11.3 Å². The Labute approximate surface area is 173 Å². The van der Waals surface area contributed by atoms with Crippen LogP contribution in [0.2, 0.25) is 10.0 Å². The highest BCUT2D eigenvalue weighted by Gasteiger charge is 2.42. The summed E-state index contributed by atoms with van der Waals surface area (Å²) in [7, 11) is 0. The second-order valence-corrected chi connectivity index (χ2v) is 9.02. The van der Waals surface area contributed by atoms with Gasteiger partial charge in [0.1, 0.15) is 18.1 Å². The summed E-state index contributed by atoms with van der Waals surface area (Å²) in [4.78, 5) is 14.1. The van der Waals surface area contributed by atoms with Crippen molar-refractivity contribution in [2.45, 2.75) is 50.2 Å². The van der Waals surface area contributed by atoms with E-state index in [2.05, 4.69) is 10.1 Å². The number of Topliss-reactive ketones (excluding diaryl/α,β-unsaturated/α-hetero) is 1. The molecular weight excluding hydrogens is 399 g/mol. The third-order valence-electron chi connectivity index (χ3n) is 6.17. The molecular formula is C21H22Cl2N2O3. The van der Waals surface area contributed by atoms with E-state index in [9.17, 15) is 4.79 Å². The van der Waals surface area contributed by atoms with E-state index in [1.165, 1.54) is 0 Å². The van der Waals surface area contributed by atoms with Crippen LogP contribution in [0.15, 0.2) is 22.7 Å². The standard InChI is InChI=1S/C21H22Cl2N2O3/c22-16-2-1-3-17(23)18(16)19-15(20(28-24-19)13-4-5-13)11-25-8-6-21(7-9-25)10-14(26)12-27-21/h1-3,13H,4-12H2. The lowest BCUT2D eigenvalue weighted by Crippen LogP contribution is -2.43. The minimum atomic E-state index is -0.240. The van der Waals surface area contributed by atoms with Gasteiger partial charge in [-0.05, 0) is 37.8 Å². The van der Waals surface area contributed by atoms with Crippen LogP contribution < -0.4 is 0 Å². The summed E-state index contributed by atoms with van der Waals surface area (Å²) in [5, 5.41) is 5.54. The van der Waals surface area contributed by atoms with Gasteiger partial charge < -0.3 is 9.26 Å². The fraction of sp³-hybridized carbons (Fsp3) is 0.524. The van der Waals surface area contributed by atoms with Crippen LogP contribution in [0.3, 0.4) is 0 Å². The van der Waals surface area contributed by atoms with Crippen LogP contribution in [0.5, 0.6) is 0 Å². The Morgan fingerprint density at radius 2 is 1.89 bits per heavy atom. The SMILES string of the molecule is O=C1COC2(CCN(Cc3c(-c4c(Cl)cccc4Cl)noc3C3CC3)CC2)C1. The second-order valence-electron chi connectivity index (χ2n) is 8.21. The van der Waals surface area contributed by atoms with Crippen LogP contribution in [-0.2, 0) is 16.1 Å². The zero-order valence-electron chi connectivity index (χ0n) is 15.5. The molecule has 28 heavy (non-hydrogen) atoms. The predicted molar refractivity (Wildman–Crippen MR) is 107 cm³/mol. The molecule has 1 aromatic heterocycles. The first kappa shape index (κ1) is 18.6. The highest BCUT2D eigenvalue weighted by atomic mass is 35.5. The second kappa shape index (κ2) is 7.13. The van der Waals surface area contributed by atoms with Crippen molar-refractivity contribution < 1.29 is 14.1 Å². The number of ether oxygens (including phenoxy) is 1. The molecule has 2 saturated heterocycles. The Morgan fingerprint density at radius 1 is 1.18 bits per heavy atom. The van der Waals surface area contributed by atoms with Gasteiger partial charge in [-0.2, -0.15) is 0 Å². The summed E-state index contributed by atoms with van der Waals surface area (Å²) >= 11 is 12.9. The highest BCUT2D eigenvalue weighted by Crippen LogP contribution is 2.46. The summed E-state index contributed by atoms with van der Waals surface area (Å²) in [6, 6.07) is 5.50. The lowest BCUT2D eigenvalue weighted by atomic mass is 9.88. The number of piperidine rings is 1. The Kier molecular flexibility index (Phi) is 4.74. The molecule has 1 saturated carbocycles. The van der Waals surface area contributed by atoms with E-state index in [0.717, 1.165) is 67.9 Å². The molecule has 5 rings (SSSR count). The lowest BCUT2D eigenvalue weighted by molar-refractivity contribution is -0.117. The maximum absolute atomic E-state index is 11.7. The zero-order valence-corrected chi connectivity index (χ0v) is 17.1. The van der Waals surface area contributed by atoms with E-state index in [-0.39, 0.29) is 18.0 Å². The van der Waals surface area contributed by atoms with Crippen molar-refractivity contribution in [2.24, 2.45) is 0 Å². The van der Waals surface area contributed by atoms with Crippen molar-refractivity contribution >= 4 is 29.0 Å². The van der Waals surface area contributed by atoms with Crippen molar-refractivity contribution in [3.63, 3.8) is 0 Å². The molecule has 1 aromatic carbocycles. The van der Waals surface area contributed by atoms with Crippen LogP contribution in [0.4, 0.5) is 0 Å². The largest absolute Gasteiger partial charge is 0.367 e. The fourth-order valence-electron chi connectivity index (χ4n) is 4.42. The number of carbonyl (C=O) groups excluding carboxylic acids is 1. The van der Waals surface area contributed by atoms with Gasteiger partial charge in [0.05, 0.1) is 15.6 Å². The third kappa shape index (κ3) is 3.39. The van der Waals surface area contributed by atoms with Gasteiger partial charge in [-0.15, -0.1) is 0 Å². The summed E-state index contributed by atoms with van der Waals surface area (Å²) in [6.07, 6.45) is 4.59. The molecule has 148 valence electrons. The van der Waals surface area contributed by atoms with Crippen LogP contribution >= 0.6 is 23.2 Å². The molecule has 1 spiro atoms. The van der Waals surface area contributed by atoms with Crippen LogP contribution in [-0.4, -0.2) is 41.1 Å². The van der Waals surface area contributed by atoms with E-state index < -0.39 is 0 Å². The minimum absolute atomic E-state index is 0.221. The van der Waals surface area contributed by atoms with Gasteiger partial charge in [-0.25, -0.2) is 0 Å². The molecule has 1 aliphatic carbocycles. The van der Waals surface area contributed by atoms with Crippen molar-refractivity contribution in [2.75, 3.05) is 19.7 Å². The molecule has 0 bridgehead atoms. The number of rotatable bonds is 4. The molecule has 0 unspecified atom stereocenters. The highest BCUT2D eigenvalue weighted by molar-refractivity contribution is 6.39. The van der Waals surface area contributed by atoms with E-state index in [1.54, 1.807) is 0 Å². The summed E-state index contributed by atoms with van der Waals surface area (Å²) in [5.41, 5.74) is 2.35. The summed E-state index contributed by atoms with van der Waals surface area (Å²) in [6.45, 7) is 2.79. The zero-order chi connectivity index (χ0) is 19.3. The molecule has 2 aromatic rings. The monoisotopic (exact) mass is 420 g/mol. The maximum Gasteiger partial charge on any atom is 0.161 e. The first-order valence-electron chi connectivity index (χ1n) is 9.85. The smallest absolute Gasteiger partial charge is 0.161 e. The quantitative estimate of drug-likeness (QED) is 0.707. The molecule has 0 amide bonds. The van der Waals surface area contributed by atoms with Gasteiger partial charge in [0.2, 0.25) is 0 Å². The summed E-state index contributed by atoms with van der Waals surface area (Å²) in [5.74, 6) is 1.64. The number of carbonyl (C=O) groups is 1. The average molecular weight is 421 g/mol. The number of ketones is 1. The molecule has 0 radical (unpaired) electrons. The molecule has 3 aliphatic rings. The first-order valence-corrected chi connectivity index (χ1v) is 10.6. The van der Waals surface area contributed by atoms with Gasteiger partial charge in [-0.3, -0.25) is 9.69 Å². The topological polar surface area (TPSA) is 55.6 Å². The fourth-order valence-corrected chi connectivity index (χ4v) is 5.00. The molecule has 3 fully saturated rings. The number of aromatic nitrogens is 1. The number of likely N-dealkylation sites (tertiary alicyclic amines) is 1. The Balaban J connectivity index is 1.41. The van der Waals surface area contributed by atoms with Crippen molar-refractivity contribution in [1.82, 2.24) is 10.1 Å². The molecule has 3 heterocycles. The normalized spacial score (nSPS) is 22.3. The van der Waals surface area contributed by atoms with Crippen LogP contribution in [0, 0.1) is 0 Å². The van der Waals surface area contributed by atoms with Crippen molar-refractivity contribution in [3.05, 3.63) is 39.6 Å². The van der Waals surface area contributed by atoms with E-state index in [1.807, 2.05) is 18.2 Å². The van der Waals surface area contributed by atoms with Crippen LogP contribution in [0.1, 0.15) is 49.3 Å². The van der Waals surface area contributed by atoms with Gasteiger partial charge in [0, 0.05) is 43.1 Å². The molecule has 5 nitrogen and oxygen atoms in total. The van der Waals surface area contributed by atoms with Crippen LogP contribution in [0.25, 0.3) is 11.3 Å². The minimum Gasteiger partial charge on any atom is -0.367 e. The Morgan fingerprint density at radius 3 is 2.50 bits per heavy atom. The third-order valence-corrected chi connectivity index (χ3v) is 6.80. The van der Waals surface area contributed by atoms with Gasteiger partial charge in [0.15, 0.2) is 5.78 Å². The number of benzene rings is 1. The van der Waals surface area contributed by atoms with Crippen molar-refractivity contribution in [1.29, 1.82) is 0 Å². The molecule has 0 atom stereocenters. The molecule has 7 heteroatoms. The first-order chi connectivity index (χ1) is 13.5. The van der Waals surface area contributed by atoms with Gasteiger partial charge in [0.25, 0.3) is 0 Å². The van der Waals surface area contributed by atoms with E-state index >= 15 is 0 Å². The number of nitrogens with zero attached hydrogens (tertiary/aromatic N) is 2. The van der Waals surface area contributed by atoms with Gasteiger partial charge in [-0.1, -0.05) is 34.4 Å². The lowest BCUT2D eigenvalue weighted by Gasteiger charge is -2.38. The van der Waals surface area contributed by atoms with E-state index in [0.29, 0.717) is 22.4 Å². The van der Waals surface area contributed by atoms with Gasteiger partial charge >= 0.3 is 0 Å². The molecule has 2 aliphatic heterocycles. The average Bonchev–Trinajstić information content (AvgIpc) is 3.35.